The van der Waals surface area contributed by atoms with Crippen LogP contribution in [0.2, 0.25) is 0 Å². The minimum atomic E-state index is -3.48. The summed E-state index contributed by atoms with van der Waals surface area (Å²) < 4.78 is 27.0. The zero-order valence-electron chi connectivity index (χ0n) is 14.3. The largest absolute Gasteiger partial charge is 0.352 e. The maximum Gasteiger partial charge on any atom is 0.243 e. The maximum absolute atomic E-state index is 12.8. The van der Waals surface area contributed by atoms with Gasteiger partial charge in [-0.15, -0.1) is 0 Å². The predicted molar refractivity (Wildman–Crippen MR) is 96.4 cm³/mol. The lowest BCUT2D eigenvalue weighted by molar-refractivity contribution is -0.123. The molecule has 0 bridgehead atoms. The molecular weight excluding hydrogens is 350 g/mol. The molecular formula is C19H21N3O3S. The Morgan fingerprint density at radius 1 is 1.19 bits per heavy atom. The number of rotatable bonds is 5. The van der Waals surface area contributed by atoms with E-state index >= 15 is 0 Å². The Morgan fingerprint density at radius 2 is 1.92 bits per heavy atom. The van der Waals surface area contributed by atoms with Gasteiger partial charge in [0.25, 0.3) is 0 Å². The van der Waals surface area contributed by atoms with Crippen molar-refractivity contribution in [1.82, 2.24) is 14.6 Å². The molecule has 2 aliphatic rings. The first-order valence-corrected chi connectivity index (χ1v) is 10.2. The van der Waals surface area contributed by atoms with E-state index in [0.717, 1.165) is 18.4 Å². The third-order valence-electron chi connectivity index (χ3n) is 5.45. The number of hydrogen-bond acceptors (Lipinski definition) is 4. The first kappa shape index (κ1) is 17.2. The van der Waals surface area contributed by atoms with Gasteiger partial charge in [-0.1, -0.05) is 18.2 Å². The monoisotopic (exact) mass is 371 g/mol. The smallest absolute Gasteiger partial charge is 0.243 e. The van der Waals surface area contributed by atoms with Crippen LogP contribution in [-0.4, -0.2) is 36.7 Å². The van der Waals surface area contributed by atoms with Gasteiger partial charge in [0.05, 0.1) is 4.90 Å². The van der Waals surface area contributed by atoms with Crippen molar-refractivity contribution >= 4 is 15.9 Å². The van der Waals surface area contributed by atoms with Crippen LogP contribution in [-0.2, 0) is 21.4 Å². The summed E-state index contributed by atoms with van der Waals surface area (Å²) in [6.45, 7) is 1.38. The number of sulfonamides is 1. The molecule has 1 aromatic carbocycles. The molecule has 2 aromatic rings. The van der Waals surface area contributed by atoms with Crippen LogP contribution in [0.25, 0.3) is 0 Å². The average molecular weight is 371 g/mol. The van der Waals surface area contributed by atoms with Crippen LogP contribution in [0.3, 0.4) is 0 Å². The molecule has 2 heterocycles. The highest BCUT2D eigenvalue weighted by Gasteiger charge is 2.62. The van der Waals surface area contributed by atoms with Crippen LogP contribution in [0.5, 0.6) is 0 Å². The lowest BCUT2D eigenvalue weighted by Gasteiger charge is -2.16. The Balaban J connectivity index is 1.38. The molecule has 4 rings (SSSR count). The van der Waals surface area contributed by atoms with Crippen molar-refractivity contribution in [3.8, 4) is 0 Å². The highest BCUT2D eigenvalue weighted by molar-refractivity contribution is 7.89. The van der Waals surface area contributed by atoms with Crippen LogP contribution >= 0.6 is 0 Å². The first-order valence-electron chi connectivity index (χ1n) is 8.73. The first-order chi connectivity index (χ1) is 12.5. The summed E-state index contributed by atoms with van der Waals surface area (Å²) >= 11 is 0. The fourth-order valence-corrected chi connectivity index (χ4v) is 5.34. The van der Waals surface area contributed by atoms with Crippen molar-refractivity contribution in [3.05, 3.63) is 60.4 Å². The van der Waals surface area contributed by atoms with E-state index in [0.29, 0.717) is 24.5 Å². The number of benzene rings is 1. The number of pyridine rings is 1. The van der Waals surface area contributed by atoms with Crippen LogP contribution < -0.4 is 5.32 Å². The lowest BCUT2D eigenvalue weighted by Crippen LogP contribution is -2.31. The maximum atomic E-state index is 12.8. The lowest BCUT2D eigenvalue weighted by atomic mass is 10.0. The molecule has 2 atom stereocenters. The SMILES string of the molecule is O=C(NCc1ccncc1)[C@@H]1C[C@]12CCN(S(=O)(=O)c1ccccc1)C2. The number of hydrogen-bond donors (Lipinski definition) is 1. The van der Waals surface area contributed by atoms with E-state index in [1.54, 1.807) is 42.7 Å². The molecule has 1 aromatic heterocycles. The van der Waals surface area contributed by atoms with Gasteiger partial charge in [-0.05, 0) is 48.1 Å². The van der Waals surface area contributed by atoms with Crippen molar-refractivity contribution in [1.29, 1.82) is 0 Å². The topological polar surface area (TPSA) is 79.4 Å². The van der Waals surface area contributed by atoms with Crippen LogP contribution in [0.1, 0.15) is 18.4 Å². The van der Waals surface area contributed by atoms with Gasteiger partial charge in [-0.25, -0.2) is 8.42 Å². The van der Waals surface area contributed by atoms with Crippen LogP contribution in [0.4, 0.5) is 0 Å². The minimum absolute atomic E-state index is 0.0146. The third kappa shape index (κ3) is 3.12. The number of aromatic nitrogens is 1. The van der Waals surface area contributed by atoms with E-state index < -0.39 is 10.0 Å². The number of nitrogens with zero attached hydrogens (tertiary/aromatic N) is 2. The van der Waals surface area contributed by atoms with Gasteiger partial charge in [0.1, 0.15) is 0 Å². The van der Waals surface area contributed by atoms with Gasteiger partial charge in [-0.2, -0.15) is 4.31 Å². The second-order valence-corrected chi connectivity index (χ2v) is 9.03. The predicted octanol–water partition coefficient (Wildman–Crippen LogP) is 1.80. The summed E-state index contributed by atoms with van der Waals surface area (Å²) in [4.78, 5) is 16.7. The molecule has 1 aliphatic carbocycles. The van der Waals surface area contributed by atoms with E-state index in [-0.39, 0.29) is 17.2 Å². The van der Waals surface area contributed by atoms with Gasteiger partial charge in [0, 0.05) is 37.9 Å². The second kappa shape index (κ2) is 6.48. The molecule has 0 radical (unpaired) electrons. The Morgan fingerprint density at radius 3 is 2.65 bits per heavy atom. The van der Waals surface area contributed by atoms with Crippen molar-refractivity contribution in [2.24, 2.45) is 11.3 Å². The molecule has 1 N–H and O–H groups in total. The quantitative estimate of drug-likeness (QED) is 0.869. The summed E-state index contributed by atoms with van der Waals surface area (Å²) in [6.07, 6.45) is 4.90. The number of carbonyl (C=O) groups excluding carboxylic acids is 1. The average Bonchev–Trinajstić information content (AvgIpc) is 3.20. The van der Waals surface area contributed by atoms with E-state index in [1.807, 2.05) is 12.1 Å². The van der Waals surface area contributed by atoms with Gasteiger partial charge in [-0.3, -0.25) is 9.78 Å². The molecule has 26 heavy (non-hydrogen) atoms. The molecule has 1 aliphatic heterocycles. The number of nitrogens with one attached hydrogen (secondary N) is 1. The molecule has 7 heteroatoms. The summed E-state index contributed by atoms with van der Waals surface area (Å²) in [7, 11) is -3.48. The Bertz CT molecular complexity index is 902. The highest BCUT2D eigenvalue weighted by Crippen LogP contribution is 2.59. The van der Waals surface area contributed by atoms with E-state index in [9.17, 15) is 13.2 Å². The molecule has 136 valence electrons. The Hall–Kier alpha value is -2.25. The summed E-state index contributed by atoms with van der Waals surface area (Å²) in [5, 5.41) is 2.96. The highest BCUT2D eigenvalue weighted by atomic mass is 32.2. The van der Waals surface area contributed by atoms with Crippen molar-refractivity contribution in [2.45, 2.75) is 24.3 Å². The summed E-state index contributed by atoms with van der Waals surface area (Å²) in [6, 6.07) is 12.2. The van der Waals surface area contributed by atoms with Crippen LogP contribution in [0.15, 0.2) is 59.8 Å². The third-order valence-corrected chi connectivity index (χ3v) is 7.31. The van der Waals surface area contributed by atoms with Crippen molar-refractivity contribution < 1.29 is 13.2 Å². The molecule has 0 unspecified atom stereocenters. The van der Waals surface area contributed by atoms with E-state index in [4.69, 9.17) is 0 Å². The number of amides is 1. The molecule has 1 saturated heterocycles. The minimum Gasteiger partial charge on any atom is -0.352 e. The molecule has 1 amide bonds. The van der Waals surface area contributed by atoms with Crippen molar-refractivity contribution in [2.75, 3.05) is 13.1 Å². The van der Waals surface area contributed by atoms with Gasteiger partial charge in [0.15, 0.2) is 0 Å². The zero-order chi connectivity index (χ0) is 18.2. The Labute approximate surface area is 153 Å². The molecule has 6 nitrogen and oxygen atoms in total. The van der Waals surface area contributed by atoms with Gasteiger partial charge < -0.3 is 5.32 Å². The summed E-state index contributed by atoms with van der Waals surface area (Å²) in [5.74, 6) is -0.0823. The van der Waals surface area contributed by atoms with Crippen LogP contribution in [0, 0.1) is 11.3 Å². The second-order valence-electron chi connectivity index (χ2n) is 7.09. The number of carbonyl (C=O) groups is 1. The molecule has 1 saturated carbocycles. The fraction of sp³-hybridized carbons (Fsp3) is 0.368. The fourth-order valence-electron chi connectivity index (χ4n) is 3.79. The van der Waals surface area contributed by atoms with Gasteiger partial charge >= 0.3 is 0 Å². The van der Waals surface area contributed by atoms with E-state index in [2.05, 4.69) is 10.3 Å². The molecule has 1 spiro atoms. The molecule has 2 fully saturated rings. The zero-order valence-corrected chi connectivity index (χ0v) is 15.2. The standard InChI is InChI=1S/C19H21N3O3S/c23-18(21-13-15-6-9-20-10-7-15)17-12-19(17)8-11-22(14-19)26(24,25)16-4-2-1-3-5-16/h1-7,9-10,17H,8,11-14H2,(H,21,23)/t17-,19-/m0/s1. The summed E-state index contributed by atoms with van der Waals surface area (Å²) in [5.41, 5.74) is 0.812. The van der Waals surface area contributed by atoms with E-state index in [1.165, 1.54) is 4.31 Å². The normalized spacial score (nSPS) is 25.3. The van der Waals surface area contributed by atoms with Crippen molar-refractivity contribution in [3.63, 3.8) is 0 Å². The van der Waals surface area contributed by atoms with Gasteiger partial charge in [0.2, 0.25) is 15.9 Å². The Kier molecular flexibility index (Phi) is 4.28.